The number of H-pyrrole nitrogens is 1. The first kappa shape index (κ1) is 15.1. The number of hydrogen-bond donors (Lipinski definition) is 1. The Labute approximate surface area is 134 Å². The number of rotatable bonds is 3. The number of halogens is 1. The van der Waals surface area contributed by atoms with Crippen molar-refractivity contribution in [2.75, 3.05) is 6.26 Å². The smallest absolute Gasteiger partial charge is 0.175 e. The summed E-state index contributed by atoms with van der Waals surface area (Å²) in [4.78, 5) is 3.61. The van der Waals surface area contributed by atoms with Crippen molar-refractivity contribution in [3.63, 3.8) is 0 Å². The lowest BCUT2D eigenvalue weighted by Gasteiger charge is -2.03. The molecule has 0 spiro atoms. The minimum Gasteiger partial charge on any atom is -0.358 e. The van der Waals surface area contributed by atoms with Crippen LogP contribution in [0, 0.1) is 6.92 Å². The minimum absolute atomic E-state index is 0.333. The fraction of sp³-hybridized carbons (Fsp3) is 0.176. The molecular formula is C17H16ClNO2S. The summed E-state index contributed by atoms with van der Waals surface area (Å²) in [6.07, 6.45) is 2.00. The first-order chi connectivity index (χ1) is 10.3. The van der Waals surface area contributed by atoms with E-state index in [0.717, 1.165) is 28.0 Å². The van der Waals surface area contributed by atoms with E-state index in [1.54, 1.807) is 12.1 Å². The van der Waals surface area contributed by atoms with Crippen LogP contribution in [-0.2, 0) is 16.3 Å². The number of sulfone groups is 1. The summed E-state index contributed by atoms with van der Waals surface area (Å²) in [5.41, 5.74) is 4.25. The van der Waals surface area contributed by atoms with Crippen LogP contribution in [-0.4, -0.2) is 19.7 Å². The molecule has 1 N–H and O–H groups in total. The molecule has 0 saturated carbocycles. The van der Waals surface area contributed by atoms with Gasteiger partial charge in [0.15, 0.2) is 9.84 Å². The van der Waals surface area contributed by atoms with Gasteiger partial charge in [0.05, 0.1) is 4.90 Å². The lowest BCUT2D eigenvalue weighted by Crippen LogP contribution is -1.96. The van der Waals surface area contributed by atoms with E-state index in [4.69, 9.17) is 11.6 Å². The number of hydrogen-bond acceptors (Lipinski definition) is 2. The molecule has 0 atom stereocenters. The van der Waals surface area contributed by atoms with Crippen LogP contribution in [0.15, 0.2) is 47.4 Å². The van der Waals surface area contributed by atoms with E-state index in [9.17, 15) is 8.42 Å². The van der Waals surface area contributed by atoms with Crippen molar-refractivity contribution < 1.29 is 8.42 Å². The van der Waals surface area contributed by atoms with Gasteiger partial charge in [0.2, 0.25) is 0 Å². The zero-order chi connectivity index (χ0) is 15.9. The molecule has 5 heteroatoms. The highest BCUT2D eigenvalue weighted by Gasteiger charge is 2.13. The van der Waals surface area contributed by atoms with Gasteiger partial charge in [-0.1, -0.05) is 29.8 Å². The Bertz CT molecular complexity index is 941. The third kappa shape index (κ3) is 2.89. The molecule has 0 bridgehead atoms. The Morgan fingerprint density at radius 1 is 1.09 bits per heavy atom. The zero-order valence-electron chi connectivity index (χ0n) is 12.4. The van der Waals surface area contributed by atoms with E-state index in [0.29, 0.717) is 4.90 Å². The fourth-order valence-corrected chi connectivity index (χ4v) is 3.41. The fourth-order valence-electron chi connectivity index (χ4n) is 2.63. The number of aryl methyl sites for hydroxylation is 1. The van der Waals surface area contributed by atoms with Crippen molar-refractivity contribution in [1.29, 1.82) is 0 Å². The van der Waals surface area contributed by atoms with E-state index in [2.05, 4.69) is 4.98 Å². The SMILES string of the molecule is Cc1[nH]c2cc(S(C)(=O)=O)ccc2c1Cc1ccc(Cl)cc1. The molecule has 3 nitrogen and oxygen atoms in total. The molecule has 0 amide bonds. The molecule has 0 saturated heterocycles. The second kappa shape index (κ2) is 5.45. The van der Waals surface area contributed by atoms with Gasteiger partial charge in [-0.15, -0.1) is 0 Å². The molecule has 0 unspecified atom stereocenters. The van der Waals surface area contributed by atoms with Crippen LogP contribution in [0.5, 0.6) is 0 Å². The van der Waals surface area contributed by atoms with Crippen molar-refractivity contribution in [2.45, 2.75) is 18.2 Å². The largest absolute Gasteiger partial charge is 0.358 e. The maximum absolute atomic E-state index is 11.7. The molecule has 0 aliphatic rings. The van der Waals surface area contributed by atoms with Crippen LogP contribution in [0.1, 0.15) is 16.8 Å². The first-order valence-corrected chi connectivity index (χ1v) is 9.17. The summed E-state index contributed by atoms with van der Waals surface area (Å²) in [6, 6.07) is 13.0. The summed E-state index contributed by atoms with van der Waals surface area (Å²) in [7, 11) is -3.20. The summed E-state index contributed by atoms with van der Waals surface area (Å²) in [5.74, 6) is 0. The Hall–Kier alpha value is -1.78. The molecular weight excluding hydrogens is 318 g/mol. The zero-order valence-corrected chi connectivity index (χ0v) is 13.9. The summed E-state index contributed by atoms with van der Waals surface area (Å²) in [5, 5.41) is 1.78. The maximum Gasteiger partial charge on any atom is 0.175 e. The Morgan fingerprint density at radius 3 is 2.41 bits per heavy atom. The van der Waals surface area contributed by atoms with Crippen molar-refractivity contribution >= 4 is 32.3 Å². The van der Waals surface area contributed by atoms with Gasteiger partial charge in [-0.2, -0.15) is 0 Å². The highest BCUT2D eigenvalue weighted by Crippen LogP contribution is 2.27. The minimum atomic E-state index is -3.20. The molecule has 22 heavy (non-hydrogen) atoms. The van der Waals surface area contributed by atoms with E-state index < -0.39 is 9.84 Å². The Balaban J connectivity index is 2.06. The van der Waals surface area contributed by atoms with Crippen molar-refractivity contribution in [3.8, 4) is 0 Å². The molecule has 1 heterocycles. The van der Waals surface area contributed by atoms with Gasteiger partial charge in [0, 0.05) is 27.9 Å². The normalized spacial score (nSPS) is 12.0. The Kier molecular flexibility index (Phi) is 3.75. The second-order valence-electron chi connectivity index (χ2n) is 5.51. The molecule has 2 aromatic carbocycles. The number of aromatic amines is 1. The maximum atomic E-state index is 11.7. The highest BCUT2D eigenvalue weighted by atomic mass is 35.5. The molecule has 0 fully saturated rings. The van der Waals surface area contributed by atoms with Gasteiger partial charge in [0.25, 0.3) is 0 Å². The lowest BCUT2D eigenvalue weighted by atomic mass is 10.0. The predicted molar refractivity (Wildman–Crippen MR) is 90.4 cm³/mol. The number of fused-ring (bicyclic) bond motifs is 1. The van der Waals surface area contributed by atoms with E-state index in [1.807, 2.05) is 37.3 Å². The van der Waals surface area contributed by atoms with E-state index in [1.165, 1.54) is 17.4 Å². The van der Waals surface area contributed by atoms with Gasteiger partial charge >= 0.3 is 0 Å². The van der Waals surface area contributed by atoms with Crippen molar-refractivity contribution in [1.82, 2.24) is 4.98 Å². The molecule has 114 valence electrons. The van der Waals surface area contributed by atoms with Crippen LogP contribution >= 0.6 is 11.6 Å². The molecule has 0 aliphatic carbocycles. The van der Waals surface area contributed by atoms with E-state index in [-0.39, 0.29) is 0 Å². The van der Waals surface area contributed by atoms with Gasteiger partial charge < -0.3 is 4.98 Å². The van der Waals surface area contributed by atoms with Gasteiger partial charge in [-0.05, 0) is 48.7 Å². The average molecular weight is 334 g/mol. The summed E-state index contributed by atoms with van der Waals surface area (Å²) in [6.45, 7) is 2.01. The van der Waals surface area contributed by atoms with Crippen LogP contribution in [0.3, 0.4) is 0 Å². The van der Waals surface area contributed by atoms with Crippen LogP contribution in [0.25, 0.3) is 10.9 Å². The molecule has 0 aliphatic heterocycles. The monoisotopic (exact) mass is 333 g/mol. The standard InChI is InChI=1S/C17H16ClNO2S/c1-11-16(9-12-3-5-13(18)6-4-12)15-8-7-14(22(2,20)21)10-17(15)19-11/h3-8,10,19H,9H2,1-2H3. The lowest BCUT2D eigenvalue weighted by molar-refractivity contribution is 0.602. The van der Waals surface area contributed by atoms with Gasteiger partial charge in [-0.25, -0.2) is 8.42 Å². The Morgan fingerprint density at radius 2 is 1.77 bits per heavy atom. The average Bonchev–Trinajstić information content (AvgIpc) is 2.76. The first-order valence-electron chi connectivity index (χ1n) is 6.90. The highest BCUT2D eigenvalue weighted by molar-refractivity contribution is 7.90. The second-order valence-corrected chi connectivity index (χ2v) is 7.96. The van der Waals surface area contributed by atoms with Crippen LogP contribution < -0.4 is 0 Å². The summed E-state index contributed by atoms with van der Waals surface area (Å²) >= 11 is 5.92. The third-order valence-corrected chi connectivity index (χ3v) is 5.18. The third-order valence-electron chi connectivity index (χ3n) is 3.81. The van der Waals surface area contributed by atoms with Crippen LogP contribution in [0.2, 0.25) is 5.02 Å². The molecule has 3 rings (SSSR count). The predicted octanol–water partition coefficient (Wildman–Crippen LogP) is 4.12. The summed E-state index contributed by atoms with van der Waals surface area (Å²) < 4.78 is 23.3. The molecule has 0 radical (unpaired) electrons. The molecule has 1 aromatic heterocycles. The number of aromatic nitrogens is 1. The quantitative estimate of drug-likeness (QED) is 0.783. The number of nitrogens with one attached hydrogen (secondary N) is 1. The molecule has 3 aromatic rings. The van der Waals surface area contributed by atoms with Gasteiger partial charge in [-0.3, -0.25) is 0 Å². The van der Waals surface area contributed by atoms with Crippen molar-refractivity contribution in [3.05, 3.63) is 64.3 Å². The van der Waals surface area contributed by atoms with Crippen LogP contribution in [0.4, 0.5) is 0 Å². The van der Waals surface area contributed by atoms with Crippen molar-refractivity contribution in [2.24, 2.45) is 0 Å². The van der Waals surface area contributed by atoms with E-state index >= 15 is 0 Å². The number of benzene rings is 2. The van der Waals surface area contributed by atoms with Gasteiger partial charge in [0.1, 0.15) is 0 Å². The topological polar surface area (TPSA) is 49.9 Å².